The van der Waals surface area contributed by atoms with Gasteiger partial charge in [-0.05, 0) is 33.7 Å². The summed E-state index contributed by atoms with van der Waals surface area (Å²) in [5, 5.41) is 3.52. The van der Waals surface area contributed by atoms with Crippen LogP contribution in [0, 0.1) is 0 Å². The summed E-state index contributed by atoms with van der Waals surface area (Å²) in [4.78, 5) is 6.28. The highest BCUT2D eigenvalue weighted by Gasteiger charge is 2.30. The van der Waals surface area contributed by atoms with Crippen molar-refractivity contribution in [3.05, 3.63) is 11.7 Å². The normalized spacial score (nSPS) is 19.6. The van der Waals surface area contributed by atoms with Crippen LogP contribution in [0.5, 0.6) is 0 Å². The molecule has 1 fully saturated rings. The fourth-order valence-corrected chi connectivity index (χ4v) is 2.83. The van der Waals surface area contributed by atoms with Gasteiger partial charge in [-0.2, -0.15) is 4.98 Å². The Morgan fingerprint density at radius 1 is 1.42 bits per heavy atom. The molecule has 1 aliphatic rings. The zero-order valence-electron chi connectivity index (χ0n) is 11.8. The highest BCUT2D eigenvalue weighted by molar-refractivity contribution is 7.91. The molecule has 1 saturated carbocycles. The van der Waals surface area contributed by atoms with Crippen LogP contribution in [0.2, 0.25) is 0 Å². The molecule has 0 saturated heterocycles. The topological polar surface area (TPSA) is 76.3 Å². The zero-order valence-corrected chi connectivity index (χ0v) is 12.6. The molecule has 1 heterocycles. The van der Waals surface area contributed by atoms with Gasteiger partial charge in [-0.15, -0.1) is 0 Å². The summed E-state index contributed by atoms with van der Waals surface area (Å²) in [6, 6.07) is -0.0992. The first-order chi connectivity index (χ1) is 8.79. The van der Waals surface area contributed by atoms with Crippen LogP contribution in [-0.2, 0) is 16.4 Å². The van der Waals surface area contributed by atoms with Gasteiger partial charge >= 0.3 is 0 Å². The summed E-state index contributed by atoms with van der Waals surface area (Å²) in [5.74, 6) is 1.78. The molecule has 0 radical (unpaired) electrons. The SMILES string of the molecule is C[C@H]([C@H](C)N(C)Cc1noc(C2CC2)n1)S(C)(=O)=O. The number of sulfone groups is 1. The van der Waals surface area contributed by atoms with E-state index in [0.717, 1.165) is 12.8 Å². The van der Waals surface area contributed by atoms with Gasteiger partial charge in [0.1, 0.15) is 0 Å². The van der Waals surface area contributed by atoms with E-state index in [2.05, 4.69) is 10.1 Å². The molecule has 0 aliphatic heterocycles. The van der Waals surface area contributed by atoms with E-state index in [9.17, 15) is 8.42 Å². The summed E-state index contributed by atoms with van der Waals surface area (Å²) in [7, 11) is -1.17. The molecule has 108 valence electrons. The molecule has 0 bridgehead atoms. The Labute approximate surface area is 114 Å². The number of nitrogens with zero attached hydrogens (tertiary/aromatic N) is 3. The van der Waals surface area contributed by atoms with Crippen molar-refractivity contribution in [1.82, 2.24) is 15.0 Å². The van der Waals surface area contributed by atoms with Gasteiger partial charge in [0, 0.05) is 18.2 Å². The molecule has 6 nitrogen and oxygen atoms in total. The molecule has 0 aromatic carbocycles. The quantitative estimate of drug-likeness (QED) is 0.782. The molecule has 2 rings (SSSR count). The first-order valence-corrected chi connectivity index (χ1v) is 8.46. The van der Waals surface area contributed by atoms with Gasteiger partial charge in [0.2, 0.25) is 5.89 Å². The van der Waals surface area contributed by atoms with Gasteiger partial charge < -0.3 is 4.52 Å². The van der Waals surface area contributed by atoms with Gasteiger partial charge in [0.05, 0.1) is 11.8 Å². The Morgan fingerprint density at radius 3 is 2.58 bits per heavy atom. The molecular weight excluding hydrogens is 266 g/mol. The van der Waals surface area contributed by atoms with Crippen molar-refractivity contribution in [2.24, 2.45) is 0 Å². The number of rotatable bonds is 6. The maximum absolute atomic E-state index is 11.6. The van der Waals surface area contributed by atoms with Crippen LogP contribution < -0.4 is 0 Å². The minimum absolute atomic E-state index is 0.0992. The van der Waals surface area contributed by atoms with Crippen molar-refractivity contribution in [2.75, 3.05) is 13.3 Å². The molecule has 0 unspecified atom stereocenters. The van der Waals surface area contributed by atoms with E-state index >= 15 is 0 Å². The molecule has 0 N–H and O–H groups in total. The third kappa shape index (κ3) is 3.54. The standard InChI is InChI=1S/C12H21N3O3S/c1-8(9(2)19(4,16)17)15(3)7-11-13-12(18-14-11)10-5-6-10/h8-10H,5-7H2,1-4H3/t8-,9+/m0/s1. The van der Waals surface area contributed by atoms with Crippen molar-refractivity contribution >= 4 is 9.84 Å². The molecule has 19 heavy (non-hydrogen) atoms. The lowest BCUT2D eigenvalue weighted by molar-refractivity contribution is 0.235. The van der Waals surface area contributed by atoms with Gasteiger partial charge in [-0.25, -0.2) is 8.42 Å². The third-order valence-corrected chi connectivity index (χ3v) is 5.60. The lowest BCUT2D eigenvalue weighted by atomic mass is 10.2. The van der Waals surface area contributed by atoms with E-state index in [1.807, 2.05) is 18.9 Å². The van der Waals surface area contributed by atoms with E-state index in [1.165, 1.54) is 6.26 Å². The molecule has 7 heteroatoms. The molecule has 1 aliphatic carbocycles. The van der Waals surface area contributed by atoms with Gasteiger partial charge in [0.25, 0.3) is 0 Å². The average Bonchev–Trinajstić information content (AvgIpc) is 3.07. The lowest BCUT2D eigenvalue weighted by Crippen LogP contribution is -2.41. The van der Waals surface area contributed by atoms with Crippen LogP contribution in [0.1, 0.15) is 44.3 Å². The van der Waals surface area contributed by atoms with Crippen LogP contribution in [0.25, 0.3) is 0 Å². The number of hydrogen-bond donors (Lipinski definition) is 0. The number of aromatic nitrogens is 2. The van der Waals surface area contributed by atoms with Crippen molar-refractivity contribution in [3.8, 4) is 0 Å². The maximum atomic E-state index is 11.6. The highest BCUT2D eigenvalue weighted by Crippen LogP contribution is 2.38. The molecule has 1 aromatic heterocycles. The Morgan fingerprint density at radius 2 is 2.05 bits per heavy atom. The first kappa shape index (κ1) is 14.5. The van der Waals surface area contributed by atoms with Crippen molar-refractivity contribution in [1.29, 1.82) is 0 Å². The Bertz CT molecular complexity index is 536. The van der Waals surface area contributed by atoms with Crippen LogP contribution in [-0.4, -0.2) is 48.1 Å². The minimum atomic E-state index is -3.04. The van der Waals surface area contributed by atoms with E-state index in [4.69, 9.17) is 4.52 Å². The predicted molar refractivity (Wildman–Crippen MR) is 71.5 cm³/mol. The van der Waals surface area contributed by atoms with Crippen molar-refractivity contribution in [3.63, 3.8) is 0 Å². The summed E-state index contributed by atoms with van der Waals surface area (Å²) < 4.78 is 28.3. The van der Waals surface area contributed by atoms with E-state index in [-0.39, 0.29) is 6.04 Å². The largest absolute Gasteiger partial charge is 0.339 e. The maximum Gasteiger partial charge on any atom is 0.229 e. The molecule has 2 atom stereocenters. The summed E-state index contributed by atoms with van der Waals surface area (Å²) in [6.45, 7) is 4.12. The van der Waals surface area contributed by atoms with Gasteiger partial charge in [0.15, 0.2) is 15.7 Å². The smallest absolute Gasteiger partial charge is 0.229 e. The number of hydrogen-bond acceptors (Lipinski definition) is 6. The molecular formula is C12H21N3O3S. The third-order valence-electron chi connectivity index (χ3n) is 3.85. The monoisotopic (exact) mass is 287 g/mol. The Hall–Kier alpha value is -0.950. The Kier molecular flexibility index (Phi) is 3.96. The molecule has 0 spiro atoms. The summed E-state index contributed by atoms with van der Waals surface area (Å²) in [5.41, 5.74) is 0. The van der Waals surface area contributed by atoms with Gasteiger partial charge in [-0.1, -0.05) is 5.16 Å². The molecule has 0 amide bonds. The fraction of sp³-hybridized carbons (Fsp3) is 0.833. The Balaban J connectivity index is 1.97. The highest BCUT2D eigenvalue weighted by atomic mass is 32.2. The summed E-state index contributed by atoms with van der Waals surface area (Å²) in [6.07, 6.45) is 3.51. The second-order valence-electron chi connectivity index (χ2n) is 5.51. The summed E-state index contributed by atoms with van der Waals surface area (Å²) >= 11 is 0. The molecule has 1 aromatic rings. The van der Waals surface area contributed by atoms with E-state index in [1.54, 1.807) is 6.92 Å². The second kappa shape index (κ2) is 5.20. The van der Waals surface area contributed by atoms with Crippen LogP contribution >= 0.6 is 0 Å². The lowest BCUT2D eigenvalue weighted by Gasteiger charge is -2.27. The van der Waals surface area contributed by atoms with E-state index in [0.29, 0.717) is 24.2 Å². The van der Waals surface area contributed by atoms with Crippen LogP contribution in [0.3, 0.4) is 0 Å². The first-order valence-electron chi connectivity index (χ1n) is 6.50. The van der Waals surface area contributed by atoms with Crippen LogP contribution in [0.4, 0.5) is 0 Å². The second-order valence-corrected chi connectivity index (χ2v) is 7.92. The minimum Gasteiger partial charge on any atom is -0.339 e. The predicted octanol–water partition coefficient (Wildman–Crippen LogP) is 1.20. The van der Waals surface area contributed by atoms with Crippen molar-refractivity contribution in [2.45, 2.75) is 50.4 Å². The van der Waals surface area contributed by atoms with Gasteiger partial charge in [-0.3, -0.25) is 4.90 Å². The zero-order chi connectivity index (χ0) is 14.2. The van der Waals surface area contributed by atoms with Crippen LogP contribution in [0.15, 0.2) is 4.52 Å². The van der Waals surface area contributed by atoms with E-state index < -0.39 is 15.1 Å². The fourth-order valence-electron chi connectivity index (χ4n) is 1.91. The van der Waals surface area contributed by atoms with Crippen molar-refractivity contribution < 1.29 is 12.9 Å². The average molecular weight is 287 g/mol.